The molecule has 0 unspecified atom stereocenters. The maximum Gasteiger partial charge on any atom is 0.410 e. The molecule has 0 spiro atoms. The fourth-order valence-corrected chi connectivity index (χ4v) is 5.27. The third kappa shape index (κ3) is 4.40. The zero-order valence-corrected chi connectivity index (χ0v) is 21.2. The van der Waals surface area contributed by atoms with E-state index in [1.165, 1.54) is 0 Å². The summed E-state index contributed by atoms with van der Waals surface area (Å²) in [7, 11) is 3.40. The summed E-state index contributed by atoms with van der Waals surface area (Å²) in [5.74, 6) is 1.51. The van der Waals surface area contributed by atoms with Crippen molar-refractivity contribution in [2.45, 2.75) is 69.9 Å². The molecule has 5 rings (SSSR count). The Hall–Kier alpha value is -3.56. The number of ether oxygens (including phenoxy) is 2. The van der Waals surface area contributed by atoms with Gasteiger partial charge in [-0.05, 0) is 63.6 Å². The molecule has 0 radical (unpaired) electrons. The van der Waals surface area contributed by atoms with E-state index in [0.717, 1.165) is 17.2 Å². The molecule has 1 amide bonds. The second-order valence-corrected chi connectivity index (χ2v) is 10.5. The summed E-state index contributed by atoms with van der Waals surface area (Å²) < 4.78 is 26.8. The molecule has 2 aromatic heterocycles. The summed E-state index contributed by atoms with van der Waals surface area (Å²) >= 11 is 0. The zero-order valence-electron chi connectivity index (χ0n) is 21.2. The Bertz CT molecular complexity index is 1260. The summed E-state index contributed by atoms with van der Waals surface area (Å²) in [5, 5.41) is 10.6. The van der Waals surface area contributed by atoms with Crippen LogP contribution in [0.2, 0.25) is 0 Å². The van der Waals surface area contributed by atoms with Crippen LogP contribution >= 0.6 is 0 Å². The first kappa shape index (κ1) is 24.1. The van der Waals surface area contributed by atoms with Crippen LogP contribution in [0.5, 0.6) is 5.75 Å². The van der Waals surface area contributed by atoms with Crippen LogP contribution in [0, 0.1) is 0 Å². The lowest BCUT2D eigenvalue weighted by Gasteiger charge is -2.44. The van der Waals surface area contributed by atoms with Crippen molar-refractivity contribution in [1.29, 1.82) is 0 Å². The van der Waals surface area contributed by atoms with Gasteiger partial charge in [-0.1, -0.05) is 0 Å². The molecule has 0 N–H and O–H groups in total. The molecule has 3 aromatic rings. The van der Waals surface area contributed by atoms with Gasteiger partial charge in [0.1, 0.15) is 17.5 Å². The van der Waals surface area contributed by atoms with Gasteiger partial charge in [0.2, 0.25) is 0 Å². The second-order valence-electron chi connectivity index (χ2n) is 10.5. The molecule has 1 aromatic carbocycles. The fraction of sp³-hybridized carbons (Fsp3) is 0.500. The normalized spacial score (nSPS) is 23.6. The van der Waals surface area contributed by atoms with Crippen molar-refractivity contribution in [3.63, 3.8) is 0 Å². The number of methoxy groups -OCH3 is 1. The molecule has 2 saturated heterocycles. The number of benzene rings is 1. The zero-order chi connectivity index (χ0) is 25.6. The van der Waals surface area contributed by atoms with Crippen LogP contribution in [0.15, 0.2) is 36.8 Å². The van der Waals surface area contributed by atoms with E-state index in [1.807, 2.05) is 39.0 Å². The van der Waals surface area contributed by atoms with E-state index in [0.29, 0.717) is 35.8 Å². The van der Waals surface area contributed by atoms with Crippen molar-refractivity contribution in [3.05, 3.63) is 36.8 Å². The number of hydrogen-bond acceptors (Lipinski definition) is 8. The SMILES string of the molecule is COc1cc2ccncc2cc1-c1ncc(N(C)[C@H]2C[C@@H]3CC[C@H]([C@H]2F)N3C(=O)OC(C)(C)C)nn1. The molecule has 2 fully saturated rings. The highest BCUT2D eigenvalue weighted by atomic mass is 19.1. The minimum absolute atomic E-state index is 0.0695. The van der Waals surface area contributed by atoms with E-state index < -0.39 is 29.9 Å². The number of rotatable bonds is 4. The Labute approximate surface area is 209 Å². The summed E-state index contributed by atoms with van der Waals surface area (Å²) in [4.78, 5) is 24.8. The lowest BCUT2D eigenvalue weighted by atomic mass is 9.94. The molecule has 10 heteroatoms. The van der Waals surface area contributed by atoms with E-state index >= 15 is 4.39 Å². The maximum absolute atomic E-state index is 15.7. The first-order valence-electron chi connectivity index (χ1n) is 12.2. The Morgan fingerprint density at radius 1 is 1.17 bits per heavy atom. The van der Waals surface area contributed by atoms with E-state index in [2.05, 4.69) is 20.2 Å². The smallest absolute Gasteiger partial charge is 0.410 e. The Balaban J connectivity index is 1.35. The van der Waals surface area contributed by atoms with Crippen molar-refractivity contribution in [1.82, 2.24) is 25.1 Å². The number of alkyl halides is 1. The van der Waals surface area contributed by atoms with Gasteiger partial charge in [-0.25, -0.2) is 14.2 Å². The molecule has 4 heterocycles. The van der Waals surface area contributed by atoms with E-state index in [-0.39, 0.29) is 6.04 Å². The predicted molar refractivity (Wildman–Crippen MR) is 134 cm³/mol. The van der Waals surface area contributed by atoms with Crippen LogP contribution < -0.4 is 9.64 Å². The van der Waals surface area contributed by atoms with Gasteiger partial charge in [0.15, 0.2) is 11.6 Å². The molecule has 2 bridgehead atoms. The molecule has 9 nitrogen and oxygen atoms in total. The summed E-state index contributed by atoms with van der Waals surface area (Å²) in [5.41, 5.74) is 0.0789. The highest BCUT2D eigenvalue weighted by molar-refractivity contribution is 5.88. The number of carbonyl (C=O) groups is 1. The average molecular weight is 495 g/mol. The molecule has 36 heavy (non-hydrogen) atoms. The summed E-state index contributed by atoms with van der Waals surface area (Å²) in [6.45, 7) is 5.46. The van der Waals surface area contributed by atoms with E-state index in [4.69, 9.17) is 9.47 Å². The molecule has 2 aliphatic rings. The van der Waals surface area contributed by atoms with Crippen LogP contribution in [-0.2, 0) is 4.74 Å². The van der Waals surface area contributed by atoms with Gasteiger partial charge in [-0.15, -0.1) is 10.2 Å². The first-order chi connectivity index (χ1) is 17.2. The van der Waals surface area contributed by atoms with Gasteiger partial charge in [-0.3, -0.25) is 9.88 Å². The molecule has 4 atom stereocenters. The highest BCUT2D eigenvalue weighted by Gasteiger charge is 2.52. The summed E-state index contributed by atoms with van der Waals surface area (Å²) in [6, 6.07) is 4.72. The monoisotopic (exact) mass is 494 g/mol. The second kappa shape index (κ2) is 9.15. The van der Waals surface area contributed by atoms with Crippen molar-refractivity contribution in [3.8, 4) is 17.1 Å². The largest absolute Gasteiger partial charge is 0.496 e. The lowest BCUT2D eigenvalue weighted by molar-refractivity contribution is -0.0104. The highest BCUT2D eigenvalue weighted by Crippen LogP contribution is 2.41. The van der Waals surface area contributed by atoms with Gasteiger partial charge < -0.3 is 14.4 Å². The number of aromatic nitrogens is 4. The van der Waals surface area contributed by atoms with Gasteiger partial charge in [0.25, 0.3) is 0 Å². The quantitative estimate of drug-likeness (QED) is 0.527. The van der Waals surface area contributed by atoms with Crippen molar-refractivity contribution in [2.75, 3.05) is 19.1 Å². The number of pyridine rings is 1. The van der Waals surface area contributed by atoms with Crippen molar-refractivity contribution < 1.29 is 18.7 Å². The van der Waals surface area contributed by atoms with Crippen LogP contribution in [-0.4, -0.2) is 75.2 Å². The van der Waals surface area contributed by atoms with Crippen LogP contribution in [0.4, 0.5) is 15.0 Å². The standard InChI is InChI=1S/C26H31FN6O3/c1-26(2,3)36-25(34)33-17-6-7-19(33)23(27)20(12-17)32(4)22-14-29-24(31-30-22)18-10-16-13-28-9-8-15(16)11-21(18)35-5/h8-11,13-14,17,19-20,23H,6-7,12H2,1-5H3/t17-,19+,20-,23+/m0/s1. The third-order valence-corrected chi connectivity index (χ3v) is 7.01. The third-order valence-electron chi connectivity index (χ3n) is 7.01. The number of anilines is 1. The number of hydrogen-bond donors (Lipinski definition) is 0. The molecule has 0 aliphatic carbocycles. The van der Waals surface area contributed by atoms with Gasteiger partial charge in [0.05, 0.1) is 31.0 Å². The van der Waals surface area contributed by atoms with Crippen LogP contribution in [0.1, 0.15) is 40.0 Å². The number of piperidine rings is 1. The first-order valence-corrected chi connectivity index (χ1v) is 12.2. The van der Waals surface area contributed by atoms with Crippen molar-refractivity contribution in [2.24, 2.45) is 0 Å². The molecular weight excluding hydrogens is 463 g/mol. The molecular formula is C26H31FN6O3. The Kier molecular flexibility index (Phi) is 6.13. The Morgan fingerprint density at radius 3 is 2.67 bits per heavy atom. The number of fused-ring (bicyclic) bond motifs is 3. The predicted octanol–water partition coefficient (Wildman–Crippen LogP) is 4.41. The minimum atomic E-state index is -1.24. The van der Waals surface area contributed by atoms with Gasteiger partial charge in [0, 0.05) is 30.9 Å². The molecule has 0 saturated carbocycles. The average Bonchev–Trinajstić information content (AvgIpc) is 3.21. The molecule has 190 valence electrons. The van der Waals surface area contributed by atoms with Crippen LogP contribution in [0.25, 0.3) is 22.2 Å². The lowest BCUT2D eigenvalue weighted by Crippen LogP contribution is -2.59. The van der Waals surface area contributed by atoms with Crippen molar-refractivity contribution >= 4 is 22.7 Å². The number of amides is 1. The van der Waals surface area contributed by atoms with E-state index in [1.54, 1.807) is 42.5 Å². The van der Waals surface area contributed by atoms with Crippen LogP contribution in [0.3, 0.4) is 0 Å². The number of halogens is 1. The van der Waals surface area contributed by atoms with Gasteiger partial charge >= 0.3 is 6.09 Å². The molecule has 2 aliphatic heterocycles. The van der Waals surface area contributed by atoms with E-state index in [9.17, 15) is 4.79 Å². The fourth-order valence-electron chi connectivity index (χ4n) is 5.27. The maximum atomic E-state index is 15.7. The summed E-state index contributed by atoms with van der Waals surface area (Å²) in [6.07, 6.45) is 5.29. The number of carbonyl (C=O) groups excluding carboxylic acids is 1. The topological polar surface area (TPSA) is 93.6 Å². The number of nitrogens with zero attached hydrogens (tertiary/aromatic N) is 6. The Morgan fingerprint density at radius 2 is 1.97 bits per heavy atom. The van der Waals surface area contributed by atoms with Gasteiger partial charge in [-0.2, -0.15) is 0 Å². The minimum Gasteiger partial charge on any atom is -0.496 e.